The first-order valence-electron chi connectivity index (χ1n) is 14.5. The van der Waals surface area contributed by atoms with Gasteiger partial charge in [-0.1, -0.05) is 35.3 Å². The lowest BCUT2D eigenvalue weighted by atomic mass is 10.0. The maximum absolute atomic E-state index is 13.6. The second-order valence-electron chi connectivity index (χ2n) is 11.0. The lowest BCUT2D eigenvalue weighted by molar-refractivity contribution is -0.0515. The Labute approximate surface area is 275 Å². The van der Waals surface area contributed by atoms with Crippen LogP contribution in [0.25, 0.3) is 0 Å². The second kappa shape index (κ2) is 15.1. The Bertz CT molecular complexity index is 1630. The molecule has 0 spiro atoms. The van der Waals surface area contributed by atoms with Crippen molar-refractivity contribution < 1.29 is 45.1 Å². The highest BCUT2D eigenvalue weighted by Gasteiger charge is 2.27. The summed E-state index contributed by atoms with van der Waals surface area (Å²) in [6.07, 6.45) is 4.60. The number of carbonyl (C=O) groups is 1. The minimum absolute atomic E-state index is 0.00907. The van der Waals surface area contributed by atoms with Crippen LogP contribution < -0.4 is 13.7 Å². The molecule has 5 rings (SSSR count). The summed E-state index contributed by atoms with van der Waals surface area (Å²) in [6.45, 7) is 0.00272. The minimum Gasteiger partial charge on any atom is -0.489 e. The fraction of sp³-hybridized carbons (Fsp3) is 0.419. The lowest BCUT2D eigenvalue weighted by Crippen LogP contribution is -2.35. The van der Waals surface area contributed by atoms with Crippen LogP contribution in [0.15, 0.2) is 48.8 Å². The molecule has 1 aliphatic heterocycles. The Morgan fingerprint density at radius 2 is 1.76 bits per heavy atom. The fourth-order valence-corrected chi connectivity index (χ4v) is 5.82. The molecule has 10 nitrogen and oxygen atoms in total. The van der Waals surface area contributed by atoms with Gasteiger partial charge in [0, 0.05) is 44.0 Å². The molecular weight excluding hydrogens is 669 g/mol. The molecule has 0 bridgehead atoms. The summed E-state index contributed by atoms with van der Waals surface area (Å²) < 4.78 is 77.7. The van der Waals surface area contributed by atoms with Crippen molar-refractivity contribution in [3.8, 4) is 17.2 Å². The monoisotopic (exact) mass is 700 g/mol. The first-order valence-corrected chi connectivity index (χ1v) is 17.1. The standard InChI is InChI=1S/C31H32Cl2F2N2O8S/c1-46(39,40)45-28-13-21(4-5-22(28)17-37-8-10-41-11-9-37)30(38)43-27(14-23-24(32)15-36-16-25(23)33)20-6-7-26(44-31(34)35)29(12-20)42-18-19-2-3-19/h4-7,12-13,15-16,19,27,31H,2-3,8-11,14,17-18H2,1H3/t27-/m0/s1. The molecule has 0 N–H and O–H groups in total. The van der Waals surface area contributed by atoms with E-state index in [2.05, 4.69) is 14.6 Å². The quantitative estimate of drug-likeness (QED) is 0.145. The van der Waals surface area contributed by atoms with Crippen LogP contribution in [0.5, 0.6) is 17.2 Å². The molecule has 1 atom stereocenters. The van der Waals surface area contributed by atoms with Crippen LogP contribution in [0.1, 0.15) is 46.0 Å². The van der Waals surface area contributed by atoms with E-state index in [-0.39, 0.29) is 39.3 Å². The summed E-state index contributed by atoms with van der Waals surface area (Å²) in [6, 6.07) is 8.71. The Morgan fingerprint density at radius 3 is 2.41 bits per heavy atom. The zero-order valence-electron chi connectivity index (χ0n) is 24.8. The van der Waals surface area contributed by atoms with Crippen molar-refractivity contribution in [2.24, 2.45) is 5.92 Å². The molecule has 0 unspecified atom stereocenters. The van der Waals surface area contributed by atoms with Gasteiger partial charge in [0.25, 0.3) is 0 Å². The number of hydrogen-bond donors (Lipinski definition) is 0. The number of hydrogen-bond acceptors (Lipinski definition) is 10. The molecule has 3 aromatic rings. The van der Waals surface area contributed by atoms with E-state index in [1.807, 2.05) is 0 Å². The van der Waals surface area contributed by atoms with Gasteiger partial charge in [0.05, 0.1) is 41.7 Å². The molecule has 46 heavy (non-hydrogen) atoms. The third-order valence-corrected chi connectivity index (χ3v) is 8.49. The molecule has 0 radical (unpaired) electrons. The summed E-state index contributed by atoms with van der Waals surface area (Å²) in [5, 5.41) is 0.459. The maximum Gasteiger partial charge on any atom is 0.387 e. The van der Waals surface area contributed by atoms with Crippen LogP contribution in [-0.2, 0) is 32.6 Å². The third kappa shape index (κ3) is 9.64. The average molecular weight is 702 g/mol. The van der Waals surface area contributed by atoms with E-state index in [0.29, 0.717) is 62.1 Å². The van der Waals surface area contributed by atoms with E-state index in [1.54, 1.807) is 6.07 Å². The molecular formula is C31H32Cl2F2N2O8S. The van der Waals surface area contributed by atoms with Gasteiger partial charge >= 0.3 is 22.7 Å². The number of morpholine rings is 1. The number of carbonyl (C=O) groups excluding carboxylic acids is 1. The summed E-state index contributed by atoms with van der Waals surface area (Å²) in [7, 11) is -3.93. The largest absolute Gasteiger partial charge is 0.489 e. The van der Waals surface area contributed by atoms with E-state index < -0.39 is 28.8 Å². The van der Waals surface area contributed by atoms with Gasteiger partial charge in [0.15, 0.2) is 11.5 Å². The molecule has 1 aliphatic carbocycles. The number of pyridine rings is 1. The number of nitrogens with zero attached hydrogens (tertiary/aromatic N) is 2. The van der Waals surface area contributed by atoms with E-state index in [1.165, 1.54) is 42.7 Å². The molecule has 1 aromatic heterocycles. The van der Waals surface area contributed by atoms with Gasteiger partial charge in [-0.2, -0.15) is 17.2 Å². The lowest BCUT2D eigenvalue weighted by Gasteiger charge is -2.27. The van der Waals surface area contributed by atoms with Gasteiger partial charge in [-0.3, -0.25) is 9.88 Å². The van der Waals surface area contributed by atoms with Crippen molar-refractivity contribution in [2.45, 2.75) is 38.5 Å². The topological polar surface area (TPSA) is 113 Å². The van der Waals surface area contributed by atoms with Gasteiger partial charge in [0.1, 0.15) is 11.9 Å². The third-order valence-electron chi connectivity index (χ3n) is 7.36. The summed E-state index contributed by atoms with van der Waals surface area (Å²) >= 11 is 12.8. The predicted molar refractivity (Wildman–Crippen MR) is 165 cm³/mol. The van der Waals surface area contributed by atoms with Crippen molar-refractivity contribution in [2.75, 3.05) is 39.2 Å². The maximum atomic E-state index is 13.6. The number of ether oxygens (including phenoxy) is 4. The molecule has 1 saturated carbocycles. The van der Waals surface area contributed by atoms with E-state index >= 15 is 0 Å². The number of aromatic nitrogens is 1. The van der Waals surface area contributed by atoms with Crippen molar-refractivity contribution in [3.63, 3.8) is 0 Å². The van der Waals surface area contributed by atoms with Crippen LogP contribution in [-0.4, -0.2) is 70.0 Å². The zero-order chi connectivity index (χ0) is 32.8. The van der Waals surface area contributed by atoms with Gasteiger partial charge < -0.3 is 23.1 Å². The highest BCUT2D eigenvalue weighted by atomic mass is 35.5. The average Bonchev–Trinajstić information content (AvgIpc) is 3.83. The van der Waals surface area contributed by atoms with Crippen LogP contribution in [0.4, 0.5) is 8.78 Å². The number of benzene rings is 2. The molecule has 2 fully saturated rings. The molecule has 2 aliphatic rings. The van der Waals surface area contributed by atoms with Crippen LogP contribution in [0.2, 0.25) is 10.0 Å². The highest BCUT2D eigenvalue weighted by molar-refractivity contribution is 7.86. The van der Waals surface area contributed by atoms with Gasteiger partial charge in [-0.05, 0) is 54.2 Å². The SMILES string of the molecule is CS(=O)(=O)Oc1cc(C(=O)O[C@@H](Cc2c(Cl)cncc2Cl)c2ccc(OC(F)F)c(OCC3CC3)c2)ccc1CN1CCOCC1. The Kier molecular flexibility index (Phi) is 11.2. The molecule has 248 valence electrons. The van der Waals surface area contributed by atoms with E-state index in [0.717, 1.165) is 19.1 Å². The van der Waals surface area contributed by atoms with Crippen LogP contribution in [0, 0.1) is 5.92 Å². The van der Waals surface area contributed by atoms with Gasteiger partial charge in [-0.15, -0.1) is 0 Å². The second-order valence-corrected chi connectivity index (χ2v) is 13.4. The molecule has 0 amide bonds. The van der Waals surface area contributed by atoms with Crippen molar-refractivity contribution in [1.82, 2.24) is 9.88 Å². The van der Waals surface area contributed by atoms with E-state index in [9.17, 15) is 22.0 Å². The van der Waals surface area contributed by atoms with Crippen LogP contribution in [0.3, 0.4) is 0 Å². The van der Waals surface area contributed by atoms with Crippen molar-refractivity contribution in [1.29, 1.82) is 0 Å². The first kappa shape index (κ1) is 34.1. The summed E-state index contributed by atoms with van der Waals surface area (Å²) in [5.74, 6) is -0.599. The van der Waals surface area contributed by atoms with Gasteiger partial charge in [0.2, 0.25) is 0 Å². The van der Waals surface area contributed by atoms with E-state index in [4.69, 9.17) is 41.6 Å². The minimum atomic E-state index is -3.93. The first-order chi connectivity index (χ1) is 21.9. The Morgan fingerprint density at radius 1 is 1.04 bits per heavy atom. The molecule has 15 heteroatoms. The Hall–Kier alpha value is -3.23. The smallest absolute Gasteiger partial charge is 0.387 e. The molecule has 2 aromatic carbocycles. The number of alkyl halides is 2. The number of esters is 1. The van der Waals surface area contributed by atoms with Crippen molar-refractivity contribution in [3.05, 3.63) is 81.1 Å². The van der Waals surface area contributed by atoms with Gasteiger partial charge in [-0.25, -0.2) is 4.79 Å². The normalized spacial score (nSPS) is 16.2. The number of halogens is 4. The number of rotatable bonds is 14. The van der Waals surface area contributed by atoms with Crippen LogP contribution >= 0.6 is 23.2 Å². The molecule has 1 saturated heterocycles. The molecule has 2 heterocycles. The Balaban J connectivity index is 1.46. The summed E-state index contributed by atoms with van der Waals surface area (Å²) in [4.78, 5) is 19.7. The zero-order valence-corrected chi connectivity index (χ0v) is 27.1. The highest BCUT2D eigenvalue weighted by Crippen LogP contribution is 2.38. The fourth-order valence-electron chi connectivity index (χ4n) is 4.82. The van der Waals surface area contributed by atoms with Crippen molar-refractivity contribution >= 4 is 39.3 Å². The summed E-state index contributed by atoms with van der Waals surface area (Å²) in [5.41, 5.74) is 1.40. The predicted octanol–water partition coefficient (Wildman–Crippen LogP) is 6.09.